The minimum Gasteiger partial charge on any atom is -0.356 e. The molecule has 3 rings (SSSR count). The minimum atomic E-state index is 0.0812. The predicted octanol–water partition coefficient (Wildman–Crippen LogP) is 4.52. The van der Waals surface area contributed by atoms with E-state index in [0.717, 1.165) is 36.3 Å². The van der Waals surface area contributed by atoms with Gasteiger partial charge in [0, 0.05) is 19.5 Å². The van der Waals surface area contributed by atoms with Crippen LogP contribution in [-0.4, -0.2) is 22.0 Å². The molecule has 0 saturated carbocycles. The largest absolute Gasteiger partial charge is 0.356 e. The van der Waals surface area contributed by atoms with Crippen molar-refractivity contribution in [2.45, 2.75) is 52.0 Å². The van der Waals surface area contributed by atoms with Gasteiger partial charge in [-0.3, -0.25) is 4.79 Å². The van der Waals surface area contributed by atoms with Crippen LogP contribution in [0.5, 0.6) is 0 Å². The van der Waals surface area contributed by atoms with Crippen molar-refractivity contribution in [3.8, 4) is 0 Å². The van der Waals surface area contributed by atoms with Crippen molar-refractivity contribution < 1.29 is 4.79 Å². The molecule has 0 unspecified atom stereocenters. The number of carbonyl (C=O) groups excluding carboxylic acids is 1. The zero-order valence-corrected chi connectivity index (χ0v) is 16.2. The Hall–Kier alpha value is -2.62. The molecule has 0 spiro atoms. The van der Waals surface area contributed by atoms with E-state index in [1.807, 2.05) is 36.4 Å². The highest BCUT2D eigenvalue weighted by Crippen LogP contribution is 2.18. The Morgan fingerprint density at radius 3 is 2.59 bits per heavy atom. The summed E-state index contributed by atoms with van der Waals surface area (Å²) in [6, 6.07) is 18.2. The Balaban J connectivity index is 1.53. The van der Waals surface area contributed by atoms with E-state index in [1.54, 1.807) is 0 Å². The highest BCUT2D eigenvalue weighted by molar-refractivity contribution is 5.78. The summed E-state index contributed by atoms with van der Waals surface area (Å²) in [5.41, 5.74) is 3.33. The molecule has 1 heterocycles. The number of para-hydroxylation sites is 2. The summed E-state index contributed by atoms with van der Waals surface area (Å²) < 4.78 is 2.36. The molecule has 27 heavy (non-hydrogen) atoms. The van der Waals surface area contributed by atoms with Crippen molar-refractivity contribution in [1.29, 1.82) is 0 Å². The van der Waals surface area contributed by atoms with E-state index in [4.69, 9.17) is 4.98 Å². The molecule has 1 aromatic heterocycles. The second-order valence-electron chi connectivity index (χ2n) is 6.99. The van der Waals surface area contributed by atoms with Gasteiger partial charge in [0.1, 0.15) is 5.82 Å². The zero-order chi connectivity index (χ0) is 18.9. The summed E-state index contributed by atoms with van der Waals surface area (Å²) in [4.78, 5) is 16.9. The summed E-state index contributed by atoms with van der Waals surface area (Å²) >= 11 is 0. The van der Waals surface area contributed by atoms with Crippen LogP contribution in [-0.2, 0) is 24.2 Å². The number of fused-ring (bicyclic) bond motifs is 1. The second-order valence-corrected chi connectivity index (χ2v) is 6.99. The number of nitrogens with one attached hydrogen (secondary N) is 1. The number of unbranched alkanes of at least 4 members (excludes halogenated alkanes) is 2. The Morgan fingerprint density at radius 2 is 1.78 bits per heavy atom. The van der Waals surface area contributed by atoms with Gasteiger partial charge in [0.2, 0.25) is 5.91 Å². The van der Waals surface area contributed by atoms with Crippen LogP contribution in [0.25, 0.3) is 11.0 Å². The van der Waals surface area contributed by atoms with Crippen LogP contribution in [0.15, 0.2) is 54.6 Å². The van der Waals surface area contributed by atoms with Gasteiger partial charge in [0.15, 0.2) is 0 Å². The van der Waals surface area contributed by atoms with Crippen LogP contribution >= 0.6 is 0 Å². The van der Waals surface area contributed by atoms with Gasteiger partial charge >= 0.3 is 0 Å². The molecule has 0 bridgehead atoms. The van der Waals surface area contributed by atoms with Gasteiger partial charge in [-0.25, -0.2) is 4.98 Å². The number of aromatic nitrogens is 2. The van der Waals surface area contributed by atoms with Crippen LogP contribution in [0.2, 0.25) is 0 Å². The molecule has 2 aromatic carbocycles. The molecule has 0 fully saturated rings. The fourth-order valence-electron chi connectivity index (χ4n) is 3.40. The predicted molar refractivity (Wildman–Crippen MR) is 111 cm³/mol. The molecule has 142 valence electrons. The summed E-state index contributed by atoms with van der Waals surface area (Å²) in [5.74, 6) is 1.21. The SMILES string of the molecule is CCCCCn1c(CCCNC(=O)Cc2ccccc2)nc2ccccc21. The maximum atomic E-state index is 12.1. The Morgan fingerprint density at radius 1 is 1.00 bits per heavy atom. The maximum Gasteiger partial charge on any atom is 0.224 e. The van der Waals surface area contributed by atoms with Crippen molar-refractivity contribution in [1.82, 2.24) is 14.9 Å². The monoisotopic (exact) mass is 363 g/mol. The summed E-state index contributed by atoms with van der Waals surface area (Å²) in [6.07, 6.45) is 5.86. The number of carbonyl (C=O) groups is 1. The molecule has 3 aromatic rings. The standard InChI is InChI=1S/C23H29N3O/c1-2-3-9-17-26-21-14-8-7-13-20(21)25-22(26)15-10-16-24-23(27)18-19-11-5-4-6-12-19/h4-8,11-14H,2-3,9-10,15-18H2,1H3,(H,24,27). The van der Waals surface area contributed by atoms with Crippen LogP contribution < -0.4 is 5.32 Å². The third-order valence-corrected chi connectivity index (χ3v) is 4.83. The van der Waals surface area contributed by atoms with E-state index in [2.05, 4.69) is 35.0 Å². The molecule has 1 N–H and O–H groups in total. The van der Waals surface area contributed by atoms with Crippen LogP contribution in [0.3, 0.4) is 0 Å². The van der Waals surface area contributed by atoms with Crippen LogP contribution in [0, 0.1) is 0 Å². The van der Waals surface area contributed by atoms with Crippen LogP contribution in [0.1, 0.15) is 44.0 Å². The van der Waals surface area contributed by atoms with Crippen LogP contribution in [0.4, 0.5) is 0 Å². The summed E-state index contributed by atoms with van der Waals surface area (Å²) in [7, 11) is 0. The lowest BCUT2D eigenvalue weighted by Crippen LogP contribution is -2.26. The molecule has 0 saturated heterocycles. The fraction of sp³-hybridized carbons (Fsp3) is 0.391. The number of hydrogen-bond acceptors (Lipinski definition) is 2. The normalized spacial score (nSPS) is 11.0. The molecule has 0 aliphatic rings. The van der Waals surface area contributed by atoms with Gasteiger partial charge in [-0.05, 0) is 30.5 Å². The zero-order valence-electron chi connectivity index (χ0n) is 16.2. The molecule has 0 aliphatic heterocycles. The third kappa shape index (κ3) is 5.43. The van der Waals surface area contributed by atoms with E-state index < -0.39 is 0 Å². The highest BCUT2D eigenvalue weighted by atomic mass is 16.1. The lowest BCUT2D eigenvalue weighted by Gasteiger charge is -2.09. The van der Waals surface area contributed by atoms with Gasteiger partial charge in [0.05, 0.1) is 17.5 Å². The quantitative estimate of drug-likeness (QED) is 0.538. The third-order valence-electron chi connectivity index (χ3n) is 4.83. The number of amides is 1. The van der Waals surface area contributed by atoms with Crippen molar-refractivity contribution in [2.24, 2.45) is 0 Å². The number of rotatable bonds is 10. The molecular weight excluding hydrogens is 334 g/mol. The van der Waals surface area contributed by atoms with Gasteiger partial charge in [-0.1, -0.05) is 62.2 Å². The number of imidazole rings is 1. The smallest absolute Gasteiger partial charge is 0.224 e. The Kier molecular flexibility index (Phi) is 7.03. The first-order chi connectivity index (χ1) is 13.3. The molecule has 4 heteroatoms. The van der Waals surface area contributed by atoms with Gasteiger partial charge in [0.25, 0.3) is 0 Å². The maximum absolute atomic E-state index is 12.1. The average Bonchev–Trinajstić information content (AvgIpc) is 3.04. The minimum absolute atomic E-state index is 0.0812. The van der Waals surface area contributed by atoms with Crippen molar-refractivity contribution in [3.63, 3.8) is 0 Å². The van der Waals surface area contributed by atoms with E-state index in [0.29, 0.717) is 13.0 Å². The van der Waals surface area contributed by atoms with E-state index in [-0.39, 0.29) is 5.91 Å². The second kappa shape index (κ2) is 9.91. The average molecular weight is 364 g/mol. The van der Waals surface area contributed by atoms with Crippen molar-refractivity contribution in [3.05, 3.63) is 66.0 Å². The number of aryl methyl sites for hydroxylation is 2. The summed E-state index contributed by atoms with van der Waals surface area (Å²) in [5, 5.41) is 3.03. The molecule has 0 radical (unpaired) electrons. The Labute approximate surface area is 161 Å². The number of hydrogen-bond donors (Lipinski definition) is 1. The molecule has 0 atom stereocenters. The van der Waals surface area contributed by atoms with E-state index in [1.165, 1.54) is 24.8 Å². The van der Waals surface area contributed by atoms with Gasteiger partial charge < -0.3 is 9.88 Å². The topological polar surface area (TPSA) is 46.9 Å². The van der Waals surface area contributed by atoms with Gasteiger partial charge in [-0.15, -0.1) is 0 Å². The number of nitrogens with zero attached hydrogens (tertiary/aromatic N) is 2. The molecule has 0 aliphatic carbocycles. The highest BCUT2D eigenvalue weighted by Gasteiger charge is 2.10. The lowest BCUT2D eigenvalue weighted by molar-refractivity contribution is -0.120. The fourth-order valence-corrected chi connectivity index (χ4v) is 3.40. The number of benzene rings is 2. The molecular formula is C23H29N3O. The first-order valence-electron chi connectivity index (χ1n) is 10.0. The van der Waals surface area contributed by atoms with Crippen molar-refractivity contribution in [2.75, 3.05) is 6.54 Å². The van der Waals surface area contributed by atoms with E-state index in [9.17, 15) is 4.79 Å². The Bertz CT molecular complexity index is 854. The summed E-state index contributed by atoms with van der Waals surface area (Å²) in [6.45, 7) is 3.93. The first kappa shape index (κ1) is 19.2. The van der Waals surface area contributed by atoms with Crippen molar-refractivity contribution >= 4 is 16.9 Å². The lowest BCUT2D eigenvalue weighted by atomic mass is 10.1. The van der Waals surface area contributed by atoms with E-state index >= 15 is 0 Å². The molecule has 4 nitrogen and oxygen atoms in total. The molecule has 1 amide bonds. The van der Waals surface area contributed by atoms with Gasteiger partial charge in [-0.2, -0.15) is 0 Å². The first-order valence-corrected chi connectivity index (χ1v) is 10.0.